The molecule has 5 rings (SSSR count). The van der Waals surface area contributed by atoms with E-state index in [0.29, 0.717) is 52.9 Å². The average molecular weight is 547 g/mol. The van der Waals surface area contributed by atoms with Crippen molar-refractivity contribution in [3.63, 3.8) is 0 Å². The van der Waals surface area contributed by atoms with E-state index in [9.17, 15) is 0 Å². The smallest absolute Gasteiger partial charge is 0.125 e. The highest BCUT2D eigenvalue weighted by atomic mass is 32.2. The van der Waals surface area contributed by atoms with Gasteiger partial charge in [-0.15, -0.1) is 0 Å². The minimum atomic E-state index is 0.540. The third-order valence-corrected chi connectivity index (χ3v) is 9.63. The van der Waals surface area contributed by atoms with Gasteiger partial charge in [-0.05, 0) is 97.2 Å². The Labute approximate surface area is 231 Å². The predicted molar refractivity (Wildman–Crippen MR) is 155 cm³/mol. The topological polar surface area (TPSA) is 46.2 Å². The van der Waals surface area contributed by atoms with E-state index in [2.05, 4.69) is 41.5 Å². The zero-order valence-corrected chi connectivity index (χ0v) is 25.0. The number of rotatable bonds is 0. The first-order chi connectivity index (χ1) is 17.9. The maximum atomic E-state index is 6.36. The Morgan fingerprint density at radius 3 is 0.946 bits per heavy atom. The molecule has 0 aromatic heterocycles. The molecule has 0 amide bonds. The van der Waals surface area contributed by atoms with Crippen molar-refractivity contribution >= 4 is 23.5 Å². The molecule has 0 N–H and O–H groups in total. The molecule has 2 aromatic rings. The molecule has 204 valence electrons. The highest BCUT2D eigenvalue weighted by Gasteiger charge is 2.22. The highest BCUT2D eigenvalue weighted by Crippen LogP contribution is 2.41. The maximum absolute atomic E-state index is 6.36. The van der Waals surface area contributed by atoms with Crippen LogP contribution >= 0.6 is 23.5 Å². The summed E-state index contributed by atoms with van der Waals surface area (Å²) in [5.41, 5.74) is 13.5. The predicted octanol–water partition coefficient (Wildman–Crippen LogP) is 6.54. The van der Waals surface area contributed by atoms with Gasteiger partial charge in [-0.25, -0.2) is 0 Å². The molecule has 6 bridgehead atoms. The fourth-order valence-corrected chi connectivity index (χ4v) is 8.11. The van der Waals surface area contributed by atoms with Crippen molar-refractivity contribution in [2.75, 3.05) is 52.9 Å². The van der Waals surface area contributed by atoms with Gasteiger partial charge in [-0.2, -0.15) is 23.5 Å². The minimum absolute atomic E-state index is 0.540. The van der Waals surface area contributed by atoms with Crippen LogP contribution in [0.4, 0.5) is 0 Å². The Morgan fingerprint density at radius 1 is 0.378 bits per heavy atom. The summed E-state index contributed by atoms with van der Waals surface area (Å²) in [6.45, 7) is 17.9. The number of benzene rings is 2. The van der Waals surface area contributed by atoms with Crippen LogP contribution in [0.1, 0.15) is 55.6 Å². The largest absolute Gasteiger partial charge is 0.491 e. The normalized spacial score (nSPS) is 18.2. The Hall–Kier alpha value is -1.38. The molecular weight excluding hydrogens is 504 g/mol. The lowest BCUT2D eigenvalue weighted by Crippen LogP contribution is -2.16. The number of hydrogen-bond acceptors (Lipinski definition) is 7. The summed E-state index contributed by atoms with van der Waals surface area (Å²) in [7, 11) is 0. The van der Waals surface area contributed by atoms with Crippen molar-refractivity contribution in [1.29, 1.82) is 0 Å². The van der Waals surface area contributed by atoms with Gasteiger partial charge in [0.1, 0.15) is 24.7 Å². The summed E-state index contributed by atoms with van der Waals surface area (Å²) in [6, 6.07) is 0. The van der Waals surface area contributed by atoms with E-state index in [-0.39, 0.29) is 0 Å². The first kappa shape index (κ1) is 28.6. The second-order valence-corrected chi connectivity index (χ2v) is 11.8. The number of hydrogen-bond donors (Lipinski definition) is 0. The summed E-state index contributed by atoms with van der Waals surface area (Å²) in [4.78, 5) is 0. The molecular formula is C30H42O5S2. The lowest BCUT2D eigenvalue weighted by atomic mass is 9.93. The van der Waals surface area contributed by atoms with E-state index in [1.54, 1.807) is 0 Å². The van der Waals surface area contributed by atoms with Gasteiger partial charge in [-0.3, -0.25) is 0 Å². The van der Waals surface area contributed by atoms with Gasteiger partial charge >= 0.3 is 0 Å². The van der Waals surface area contributed by atoms with E-state index in [0.717, 1.165) is 34.5 Å². The zero-order chi connectivity index (χ0) is 26.4. The van der Waals surface area contributed by atoms with Gasteiger partial charge in [-0.1, -0.05) is 0 Å². The third-order valence-electron chi connectivity index (χ3n) is 7.66. The zero-order valence-electron chi connectivity index (χ0n) is 23.3. The van der Waals surface area contributed by atoms with E-state index >= 15 is 0 Å². The van der Waals surface area contributed by atoms with Crippen LogP contribution in [-0.4, -0.2) is 52.9 Å². The molecule has 0 unspecified atom stereocenters. The quantitative estimate of drug-likeness (QED) is 0.348. The molecule has 2 aromatic carbocycles. The molecule has 0 radical (unpaired) electrons. The molecule has 37 heavy (non-hydrogen) atoms. The summed E-state index contributed by atoms with van der Waals surface area (Å²) in [6.07, 6.45) is 0. The van der Waals surface area contributed by atoms with Gasteiger partial charge in [0.2, 0.25) is 0 Å². The van der Waals surface area contributed by atoms with Crippen molar-refractivity contribution in [2.45, 2.75) is 64.6 Å². The molecule has 0 spiro atoms. The fourth-order valence-electron chi connectivity index (χ4n) is 5.36. The first-order valence-electron chi connectivity index (χ1n) is 13.3. The van der Waals surface area contributed by atoms with Gasteiger partial charge < -0.3 is 23.7 Å². The minimum Gasteiger partial charge on any atom is -0.491 e. The van der Waals surface area contributed by atoms with Crippen molar-refractivity contribution < 1.29 is 23.7 Å². The first-order valence-corrected chi connectivity index (χ1v) is 15.6. The fraction of sp³-hybridized carbons (Fsp3) is 0.600. The lowest BCUT2D eigenvalue weighted by molar-refractivity contribution is 0.00486. The van der Waals surface area contributed by atoms with Crippen LogP contribution in [0.3, 0.4) is 0 Å². The molecule has 5 nitrogen and oxygen atoms in total. The number of ether oxygens (including phenoxy) is 5. The molecule has 7 heteroatoms. The summed E-state index contributed by atoms with van der Waals surface area (Å²) >= 11 is 3.98. The van der Waals surface area contributed by atoms with Crippen LogP contribution in [-0.2, 0) is 37.2 Å². The Bertz CT molecular complexity index is 951. The van der Waals surface area contributed by atoms with Gasteiger partial charge in [0.15, 0.2) is 0 Å². The van der Waals surface area contributed by atoms with Crippen LogP contribution in [0, 0.1) is 41.5 Å². The lowest BCUT2D eigenvalue weighted by Gasteiger charge is -2.25. The summed E-state index contributed by atoms with van der Waals surface area (Å²) in [5.74, 6) is 5.92. The van der Waals surface area contributed by atoms with Gasteiger partial charge in [0.25, 0.3) is 0 Å². The van der Waals surface area contributed by atoms with E-state index in [1.165, 1.54) is 55.6 Å². The van der Waals surface area contributed by atoms with Crippen molar-refractivity contribution in [1.82, 2.24) is 0 Å². The molecule has 3 aliphatic rings. The van der Waals surface area contributed by atoms with Crippen molar-refractivity contribution in [2.24, 2.45) is 0 Å². The van der Waals surface area contributed by atoms with Gasteiger partial charge in [0.05, 0.1) is 39.6 Å². The van der Waals surface area contributed by atoms with Gasteiger partial charge in [0, 0.05) is 23.0 Å². The van der Waals surface area contributed by atoms with Crippen LogP contribution in [0.25, 0.3) is 0 Å². The molecule has 0 saturated heterocycles. The average Bonchev–Trinajstić information content (AvgIpc) is 2.87. The number of fused-ring (bicyclic) bond motifs is 16. The molecule has 0 atom stereocenters. The number of thioether (sulfide) groups is 2. The Morgan fingerprint density at radius 2 is 0.649 bits per heavy atom. The van der Waals surface area contributed by atoms with Crippen molar-refractivity contribution in [3.05, 3.63) is 55.6 Å². The molecule has 0 aliphatic carbocycles. The second kappa shape index (κ2) is 13.6. The Balaban J connectivity index is 1.72. The standard InChI is InChI=1S/C30H42O5S2/c1-19-25-15-36-17-27-20(2)28-18-37-16-26(19)22(4)29(21(25)3)34-13-11-32-9-7-31-8-10-33-12-14-35-30(23(27)5)24(28)6/h7-18H2,1-6H3. The maximum Gasteiger partial charge on any atom is 0.125 e. The highest BCUT2D eigenvalue weighted by molar-refractivity contribution is 7.98. The Kier molecular flexibility index (Phi) is 10.5. The molecule has 3 heterocycles. The van der Waals surface area contributed by atoms with E-state index < -0.39 is 0 Å². The monoisotopic (exact) mass is 546 g/mol. The van der Waals surface area contributed by atoms with Crippen LogP contribution in [0.5, 0.6) is 11.5 Å². The molecule has 0 fully saturated rings. The van der Waals surface area contributed by atoms with Crippen LogP contribution < -0.4 is 9.47 Å². The summed E-state index contributed by atoms with van der Waals surface area (Å²) < 4.78 is 29.9. The van der Waals surface area contributed by atoms with Crippen LogP contribution in [0.2, 0.25) is 0 Å². The SMILES string of the molecule is Cc1c2c(C)c3c(C)c1CSCc1c(C)c(c(C)c(c1C)OCCOCCOCCOCCO3)CSC2. The molecule has 3 aliphatic heterocycles. The van der Waals surface area contributed by atoms with E-state index in [1.807, 2.05) is 23.5 Å². The summed E-state index contributed by atoms with van der Waals surface area (Å²) in [5, 5.41) is 0. The third kappa shape index (κ3) is 6.62. The molecule has 0 saturated carbocycles. The van der Waals surface area contributed by atoms with Crippen LogP contribution in [0.15, 0.2) is 0 Å². The van der Waals surface area contributed by atoms with E-state index in [4.69, 9.17) is 23.7 Å². The van der Waals surface area contributed by atoms with Crippen molar-refractivity contribution in [3.8, 4) is 11.5 Å². The second-order valence-electron chi connectivity index (χ2n) is 9.84.